The SMILES string of the molecule is O[C@@H]1CO[C@H]2[C@@H]1OC[C@H]2Oc1nc2nc(Oc3cccnc3)c(Cl)cc2[nH]1. The van der Waals surface area contributed by atoms with Crippen LogP contribution in [0.1, 0.15) is 0 Å². The molecule has 3 aromatic rings. The van der Waals surface area contributed by atoms with Crippen LogP contribution in [0.4, 0.5) is 0 Å². The lowest BCUT2D eigenvalue weighted by molar-refractivity contribution is 0.00706. The van der Waals surface area contributed by atoms with Gasteiger partial charge in [0.05, 0.1) is 24.9 Å². The molecule has 140 valence electrons. The zero-order chi connectivity index (χ0) is 18.4. The van der Waals surface area contributed by atoms with Crippen molar-refractivity contribution in [3.63, 3.8) is 0 Å². The molecule has 0 aliphatic carbocycles. The summed E-state index contributed by atoms with van der Waals surface area (Å²) in [5, 5.41) is 10.1. The van der Waals surface area contributed by atoms with E-state index in [0.717, 1.165) is 0 Å². The van der Waals surface area contributed by atoms with Crippen molar-refractivity contribution in [1.29, 1.82) is 0 Å². The van der Waals surface area contributed by atoms with Crippen LogP contribution in [0.2, 0.25) is 5.02 Å². The average Bonchev–Trinajstić information content (AvgIpc) is 3.34. The van der Waals surface area contributed by atoms with Gasteiger partial charge in [0.1, 0.15) is 29.1 Å². The summed E-state index contributed by atoms with van der Waals surface area (Å²) in [6, 6.07) is 5.44. The van der Waals surface area contributed by atoms with Crippen LogP contribution in [0.25, 0.3) is 11.2 Å². The summed E-state index contributed by atoms with van der Waals surface area (Å²) in [5.41, 5.74) is 1.01. The number of halogens is 1. The summed E-state index contributed by atoms with van der Waals surface area (Å²) in [5.74, 6) is 0.742. The van der Waals surface area contributed by atoms with Crippen molar-refractivity contribution in [1.82, 2.24) is 19.9 Å². The molecule has 2 aliphatic rings. The molecule has 10 heteroatoms. The molecule has 2 aliphatic heterocycles. The Labute approximate surface area is 158 Å². The normalized spacial score (nSPS) is 27.0. The fourth-order valence-electron chi connectivity index (χ4n) is 3.21. The number of aliphatic hydroxyl groups is 1. The third-order valence-corrected chi connectivity index (χ3v) is 4.74. The zero-order valence-electron chi connectivity index (χ0n) is 13.9. The Kier molecular flexibility index (Phi) is 4.09. The number of H-pyrrole nitrogens is 1. The summed E-state index contributed by atoms with van der Waals surface area (Å²) < 4.78 is 22.6. The minimum Gasteiger partial charge on any atom is -0.456 e. The van der Waals surface area contributed by atoms with E-state index in [4.69, 9.17) is 30.5 Å². The minimum absolute atomic E-state index is 0.224. The maximum atomic E-state index is 9.81. The van der Waals surface area contributed by atoms with Crippen molar-refractivity contribution in [2.24, 2.45) is 0 Å². The first-order valence-corrected chi connectivity index (χ1v) is 8.77. The molecule has 2 saturated heterocycles. The number of nitrogens with zero attached hydrogens (tertiary/aromatic N) is 3. The van der Waals surface area contributed by atoms with Crippen LogP contribution >= 0.6 is 11.6 Å². The molecule has 2 N–H and O–H groups in total. The van der Waals surface area contributed by atoms with E-state index in [1.807, 2.05) is 0 Å². The van der Waals surface area contributed by atoms with Gasteiger partial charge in [0.2, 0.25) is 5.88 Å². The van der Waals surface area contributed by atoms with E-state index in [-0.39, 0.29) is 36.8 Å². The van der Waals surface area contributed by atoms with Gasteiger partial charge in [-0.15, -0.1) is 0 Å². The Morgan fingerprint density at radius 3 is 2.96 bits per heavy atom. The third kappa shape index (κ3) is 3.08. The van der Waals surface area contributed by atoms with Crippen molar-refractivity contribution in [3.8, 4) is 17.6 Å². The number of aromatic amines is 1. The van der Waals surface area contributed by atoms with Crippen LogP contribution in [0, 0.1) is 0 Å². The Hall–Kier alpha value is -2.46. The predicted molar refractivity (Wildman–Crippen MR) is 93.1 cm³/mol. The maximum Gasteiger partial charge on any atom is 0.296 e. The number of pyridine rings is 2. The molecule has 0 aromatic carbocycles. The van der Waals surface area contributed by atoms with Crippen LogP contribution in [0.15, 0.2) is 30.6 Å². The lowest BCUT2D eigenvalue weighted by Gasteiger charge is -2.15. The van der Waals surface area contributed by atoms with Crippen LogP contribution in [-0.4, -0.2) is 62.7 Å². The summed E-state index contributed by atoms with van der Waals surface area (Å²) >= 11 is 6.26. The fraction of sp³-hybridized carbons (Fsp3) is 0.353. The van der Waals surface area contributed by atoms with E-state index in [0.29, 0.717) is 28.5 Å². The largest absolute Gasteiger partial charge is 0.456 e. The molecular weight excluding hydrogens is 376 g/mol. The molecule has 0 radical (unpaired) electrons. The van der Waals surface area contributed by atoms with Crippen LogP contribution in [0.3, 0.4) is 0 Å². The van der Waals surface area contributed by atoms with E-state index >= 15 is 0 Å². The van der Waals surface area contributed by atoms with E-state index in [2.05, 4.69) is 19.9 Å². The molecular formula is C17H15ClN4O5. The van der Waals surface area contributed by atoms with Crippen LogP contribution in [0.5, 0.6) is 17.6 Å². The van der Waals surface area contributed by atoms with Crippen molar-refractivity contribution in [2.45, 2.75) is 24.4 Å². The molecule has 0 saturated carbocycles. The van der Waals surface area contributed by atoms with Gasteiger partial charge in [-0.2, -0.15) is 9.97 Å². The maximum absolute atomic E-state index is 9.81. The van der Waals surface area contributed by atoms with Gasteiger partial charge in [0.15, 0.2) is 11.8 Å². The number of imidazole rings is 1. The number of hydrogen-bond acceptors (Lipinski definition) is 8. The molecule has 4 atom stereocenters. The summed E-state index contributed by atoms with van der Waals surface area (Å²) in [6.45, 7) is 0.550. The van der Waals surface area contributed by atoms with Crippen molar-refractivity contribution in [3.05, 3.63) is 35.6 Å². The molecule has 9 nitrogen and oxygen atoms in total. The lowest BCUT2D eigenvalue weighted by Crippen LogP contribution is -2.34. The Morgan fingerprint density at radius 1 is 1.22 bits per heavy atom. The molecule has 0 bridgehead atoms. The quantitative estimate of drug-likeness (QED) is 0.692. The van der Waals surface area contributed by atoms with Crippen LogP contribution in [-0.2, 0) is 9.47 Å². The predicted octanol–water partition coefficient (Wildman–Crippen LogP) is 1.70. The molecule has 0 unspecified atom stereocenters. The standard InChI is InChI=1S/C17H15ClN4O5/c18-9-4-10-15(21-16(9)26-8-2-1-3-19-5-8)22-17(20-10)27-12-7-25-13-11(23)6-24-14(12)13/h1-5,11-14,23H,6-7H2,(H,20,21,22)/t11-,12-,13-,14-/m1/s1. The third-order valence-electron chi connectivity index (χ3n) is 4.47. The topological polar surface area (TPSA) is 112 Å². The summed E-state index contributed by atoms with van der Waals surface area (Å²) in [4.78, 5) is 15.7. The zero-order valence-corrected chi connectivity index (χ0v) is 14.7. The molecule has 5 heterocycles. The van der Waals surface area contributed by atoms with Crippen molar-refractivity contribution >= 4 is 22.8 Å². The second kappa shape index (κ2) is 6.61. The Bertz CT molecular complexity index is 969. The van der Waals surface area contributed by atoms with Gasteiger partial charge < -0.3 is 29.0 Å². The Balaban J connectivity index is 1.37. The van der Waals surface area contributed by atoms with E-state index in [1.165, 1.54) is 0 Å². The summed E-state index contributed by atoms with van der Waals surface area (Å²) in [6.07, 6.45) is 1.52. The highest BCUT2D eigenvalue weighted by Crippen LogP contribution is 2.32. The highest BCUT2D eigenvalue weighted by atomic mass is 35.5. The number of aliphatic hydroxyl groups excluding tert-OH is 1. The summed E-state index contributed by atoms with van der Waals surface area (Å²) in [7, 11) is 0. The van der Waals surface area contributed by atoms with Gasteiger partial charge >= 0.3 is 0 Å². The molecule has 3 aromatic heterocycles. The monoisotopic (exact) mass is 390 g/mol. The van der Waals surface area contributed by atoms with Gasteiger partial charge in [-0.1, -0.05) is 11.6 Å². The van der Waals surface area contributed by atoms with E-state index in [1.54, 1.807) is 30.6 Å². The van der Waals surface area contributed by atoms with Gasteiger partial charge in [0, 0.05) is 6.20 Å². The highest BCUT2D eigenvalue weighted by Gasteiger charge is 2.48. The molecule has 27 heavy (non-hydrogen) atoms. The highest BCUT2D eigenvalue weighted by molar-refractivity contribution is 6.32. The molecule has 0 spiro atoms. The molecule has 2 fully saturated rings. The Morgan fingerprint density at radius 2 is 2.11 bits per heavy atom. The number of nitrogens with one attached hydrogen (secondary N) is 1. The minimum atomic E-state index is -0.632. The number of rotatable bonds is 4. The van der Waals surface area contributed by atoms with Gasteiger partial charge in [-0.3, -0.25) is 4.98 Å². The van der Waals surface area contributed by atoms with Gasteiger partial charge in [-0.05, 0) is 18.2 Å². The molecule has 0 amide bonds. The van der Waals surface area contributed by atoms with Gasteiger partial charge in [-0.25, -0.2) is 0 Å². The van der Waals surface area contributed by atoms with E-state index < -0.39 is 6.10 Å². The van der Waals surface area contributed by atoms with Gasteiger partial charge in [0.25, 0.3) is 6.01 Å². The van der Waals surface area contributed by atoms with E-state index in [9.17, 15) is 5.11 Å². The number of hydrogen-bond donors (Lipinski definition) is 2. The number of aromatic nitrogens is 4. The number of fused-ring (bicyclic) bond motifs is 2. The first kappa shape index (κ1) is 16.7. The molecule has 5 rings (SSSR count). The average molecular weight is 391 g/mol. The second-order valence-corrected chi connectivity index (χ2v) is 6.71. The fourth-order valence-corrected chi connectivity index (χ4v) is 3.40. The van der Waals surface area contributed by atoms with Crippen molar-refractivity contribution < 1.29 is 24.1 Å². The smallest absolute Gasteiger partial charge is 0.296 e. The van der Waals surface area contributed by atoms with Crippen molar-refractivity contribution in [2.75, 3.05) is 13.2 Å². The first-order chi connectivity index (χ1) is 13.2. The first-order valence-electron chi connectivity index (χ1n) is 8.39. The van der Waals surface area contributed by atoms with Crippen LogP contribution < -0.4 is 9.47 Å². The second-order valence-electron chi connectivity index (χ2n) is 6.30. The number of ether oxygens (including phenoxy) is 4. The lowest BCUT2D eigenvalue weighted by atomic mass is 10.1.